The summed E-state index contributed by atoms with van der Waals surface area (Å²) in [5, 5.41) is 0. The van der Waals surface area contributed by atoms with Crippen LogP contribution in [0.1, 0.15) is 5.56 Å². The summed E-state index contributed by atoms with van der Waals surface area (Å²) in [7, 11) is 3.73. The molecule has 1 saturated heterocycles. The van der Waals surface area contributed by atoms with Gasteiger partial charge in [0.2, 0.25) is 0 Å². The molecule has 0 aliphatic carbocycles. The Morgan fingerprint density at radius 3 is 2.79 bits per heavy atom. The number of likely N-dealkylation sites (tertiary alicyclic amines) is 1. The number of ether oxygens (including phenoxy) is 2. The van der Waals surface area contributed by atoms with Gasteiger partial charge in [-0.25, -0.2) is 0 Å². The molecule has 2 rings (SSSR count). The van der Waals surface area contributed by atoms with Gasteiger partial charge < -0.3 is 15.2 Å². The summed E-state index contributed by atoms with van der Waals surface area (Å²) >= 11 is 3.48. The highest BCUT2D eigenvalue weighted by molar-refractivity contribution is 9.10. The highest BCUT2D eigenvalue weighted by Gasteiger charge is 2.26. The van der Waals surface area contributed by atoms with Crippen LogP contribution in [0.15, 0.2) is 22.7 Å². The van der Waals surface area contributed by atoms with E-state index in [4.69, 9.17) is 15.2 Å². The Morgan fingerprint density at radius 2 is 2.21 bits per heavy atom. The summed E-state index contributed by atoms with van der Waals surface area (Å²) in [6, 6.07) is 3.92. The van der Waals surface area contributed by atoms with Crippen molar-refractivity contribution >= 4 is 22.0 Å². The lowest BCUT2D eigenvalue weighted by Gasteiger charge is -2.36. The quantitative estimate of drug-likeness (QED) is 0.900. The fourth-order valence-electron chi connectivity index (χ4n) is 2.07. The zero-order valence-electron chi connectivity index (χ0n) is 11.2. The third-order valence-corrected chi connectivity index (χ3v) is 3.47. The Kier molecular flexibility index (Phi) is 4.85. The van der Waals surface area contributed by atoms with Crippen LogP contribution in [-0.2, 0) is 0 Å². The molecule has 0 radical (unpaired) electrons. The average Bonchev–Trinajstić information content (AvgIpc) is 2.36. The van der Waals surface area contributed by atoms with Crippen molar-refractivity contribution in [3.05, 3.63) is 28.2 Å². The number of benzene rings is 1. The highest BCUT2D eigenvalue weighted by atomic mass is 79.9. The molecule has 0 bridgehead atoms. The molecular weight excluding hydrogens is 308 g/mol. The Balaban J connectivity index is 2.28. The SMILES string of the molecule is COc1cc(Br)cc(/C=C/CN)c1OC1CN(C)C1. The lowest BCUT2D eigenvalue weighted by Crippen LogP contribution is -2.51. The van der Waals surface area contributed by atoms with Gasteiger partial charge in [0.15, 0.2) is 11.5 Å². The van der Waals surface area contributed by atoms with E-state index in [0.29, 0.717) is 6.54 Å². The van der Waals surface area contributed by atoms with Crippen LogP contribution < -0.4 is 15.2 Å². The second kappa shape index (κ2) is 6.41. The topological polar surface area (TPSA) is 47.7 Å². The Hall–Kier alpha value is -1.04. The molecule has 2 N–H and O–H groups in total. The molecule has 0 aromatic heterocycles. The van der Waals surface area contributed by atoms with Gasteiger partial charge in [-0.1, -0.05) is 28.1 Å². The lowest BCUT2D eigenvalue weighted by atomic mass is 10.1. The van der Waals surface area contributed by atoms with E-state index in [1.807, 2.05) is 24.3 Å². The number of hydrogen-bond donors (Lipinski definition) is 1. The molecule has 1 aliphatic heterocycles. The van der Waals surface area contributed by atoms with E-state index in [-0.39, 0.29) is 6.10 Å². The average molecular weight is 327 g/mol. The Labute approximate surface area is 122 Å². The maximum atomic E-state index is 6.05. The fraction of sp³-hybridized carbons (Fsp3) is 0.429. The number of rotatable bonds is 5. The first-order valence-corrected chi connectivity index (χ1v) is 7.02. The Bertz CT molecular complexity index is 471. The van der Waals surface area contributed by atoms with Crippen LogP contribution in [0, 0.1) is 0 Å². The van der Waals surface area contributed by atoms with E-state index in [1.54, 1.807) is 7.11 Å². The van der Waals surface area contributed by atoms with Gasteiger partial charge in [-0.3, -0.25) is 4.90 Å². The van der Waals surface area contributed by atoms with Crippen LogP contribution in [0.4, 0.5) is 0 Å². The summed E-state index contributed by atoms with van der Waals surface area (Å²) in [5.74, 6) is 1.52. The van der Waals surface area contributed by atoms with Gasteiger partial charge in [0, 0.05) is 29.7 Å². The number of hydrogen-bond acceptors (Lipinski definition) is 4. The van der Waals surface area contributed by atoms with Gasteiger partial charge >= 0.3 is 0 Å². The molecule has 104 valence electrons. The highest BCUT2D eigenvalue weighted by Crippen LogP contribution is 2.37. The predicted molar refractivity (Wildman–Crippen MR) is 80.7 cm³/mol. The van der Waals surface area contributed by atoms with Gasteiger partial charge in [0.1, 0.15) is 6.10 Å². The monoisotopic (exact) mass is 326 g/mol. The van der Waals surface area contributed by atoms with E-state index in [0.717, 1.165) is 34.6 Å². The molecule has 0 saturated carbocycles. The van der Waals surface area contributed by atoms with E-state index in [9.17, 15) is 0 Å². The molecule has 19 heavy (non-hydrogen) atoms. The van der Waals surface area contributed by atoms with Gasteiger partial charge in [0.05, 0.1) is 7.11 Å². The maximum absolute atomic E-state index is 6.05. The van der Waals surface area contributed by atoms with Gasteiger partial charge in [0.25, 0.3) is 0 Å². The van der Waals surface area contributed by atoms with Crippen LogP contribution in [0.25, 0.3) is 6.08 Å². The first-order chi connectivity index (χ1) is 9.13. The predicted octanol–water partition coefficient (Wildman–Crippen LogP) is 2.12. The van der Waals surface area contributed by atoms with Crippen molar-refractivity contribution in [3.8, 4) is 11.5 Å². The van der Waals surface area contributed by atoms with Crippen LogP contribution in [0.5, 0.6) is 11.5 Å². The maximum Gasteiger partial charge on any atom is 0.168 e. The smallest absolute Gasteiger partial charge is 0.168 e. The normalized spacial score (nSPS) is 16.6. The molecule has 0 unspecified atom stereocenters. The number of nitrogens with zero attached hydrogens (tertiary/aromatic N) is 1. The van der Waals surface area contributed by atoms with Crippen LogP contribution >= 0.6 is 15.9 Å². The second-order valence-electron chi connectivity index (χ2n) is 4.63. The lowest BCUT2D eigenvalue weighted by molar-refractivity contribution is 0.0368. The minimum absolute atomic E-state index is 0.227. The molecule has 5 heteroatoms. The standard InChI is InChI=1S/C14H19BrN2O2/c1-17-8-12(9-17)19-14-10(4-3-5-16)6-11(15)7-13(14)18-2/h3-4,6-7,12H,5,8-9,16H2,1-2H3/b4-3+. The van der Waals surface area contributed by atoms with E-state index >= 15 is 0 Å². The summed E-state index contributed by atoms with van der Waals surface area (Å²) in [6.45, 7) is 2.39. The van der Waals surface area contributed by atoms with Crippen LogP contribution in [-0.4, -0.2) is 44.8 Å². The molecule has 0 spiro atoms. The molecule has 0 amide bonds. The van der Waals surface area contributed by atoms with Gasteiger partial charge in [-0.15, -0.1) is 0 Å². The van der Waals surface area contributed by atoms with E-state index < -0.39 is 0 Å². The summed E-state index contributed by atoms with van der Waals surface area (Å²) in [4.78, 5) is 2.21. The van der Waals surface area contributed by atoms with Crippen LogP contribution in [0.3, 0.4) is 0 Å². The van der Waals surface area contributed by atoms with Gasteiger partial charge in [-0.2, -0.15) is 0 Å². The fourth-order valence-corrected chi connectivity index (χ4v) is 2.52. The van der Waals surface area contributed by atoms with E-state index in [1.165, 1.54) is 0 Å². The third-order valence-electron chi connectivity index (χ3n) is 3.02. The minimum atomic E-state index is 0.227. The molecule has 0 atom stereocenters. The zero-order chi connectivity index (χ0) is 13.8. The van der Waals surface area contributed by atoms with Crippen molar-refractivity contribution in [3.63, 3.8) is 0 Å². The number of likely N-dealkylation sites (N-methyl/N-ethyl adjacent to an activating group) is 1. The third kappa shape index (κ3) is 3.49. The number of nitrogens with two attached hydrogens (primary N) is 1. The molecule has 4 nitrogen and oxygen atoms in total. The first kappa shape index (κ1) is 14.4. The van der Waals surface area contributed by atoms with Crippen molar-refractivity contribution in [1.29, 1.82) is 0 Å². The molecule has 1 aromatic rings. The van der Waals surface area contributed by atoms with Crippen molar-refractivity contribution in [2.75, 3.05) is 33.8 Å². The van der Waals surface area contributed by atoms with Gasteiger partial charge in [-0.05, 0) is 19.2 Å². The van der Waals surface area contributed by atoms with Crippen molar-refractivity contribution in [2.45, 2.75) is 6.10 Å². The summed E-state index contributed by atoms with van der Waals surface area (Å²) in [6.07, 6.45) is 4.09. The number of methoxy groups -OCH3 is 1. The minimum Gasteiger partial charge on any atom is -0.493 e. The van der Waals surface area contributed by atoms with E-state index in [2.05, 4.69) is 27.9 Å². The van der Waals surface area contributed by atoms with Crippen molar-refractivity contribution in [2.24, 2.45) is 5.73 Å². The number of halogens is 1. The second-order valence-corrected chi connectivity index (χ2v) is 5.54. The molecule has 1 aromatic carbocycles. The molecule has 1 fully saturated rings. The van der Waals surface area contributed by atoms with Crippen molar-refractivity contribution < 1.29 is 9.47 Å². The molecule has 1 aliphatic rings. The Morgan fingerprint density at radius 1 is 1.47 bits per heavy atom. The molecular formula is C14H19BrN2O2. The largest absolute Gasteiger partial charge is 0.493 e. The summed E-state index contributed by atoms with van der Waals surface area (Å²) < 4.78 is 12.4. The van der Waals surface area contributed by atoms with Crippen molar-refractivity contribution in [1.82, 2.24) is 4.90 Å². The first-order valence-electron chi connectivity index (χ1n) is 6.23. The zero-order valence-corrected chi connectivity index (χ0v) is 12.8. The van der Waals surface area contributed by atoms with Crippen LogP contribution in [0.2, 0.25) is 0 Å². The molecule has 1 heterocycles. The summed E-state index contributed by atoms with van der Waals surface area (Å²) in [5.41, 5.74) is 6.49.